The predicted octanol–water partition coefficient (Wildman–Crippen LogP) is -2.59. The maximum atomic E-state index is 4.91. The molecule has 0 saturated carbocycles. The van der Waals surface area contributed by atoms with Gasteiger partial charge in [0.1, 0.15) is 0 Å². The third kappa shape index (κ3) is 64.0. The van der Waals surface area contributed by atoms with Crippen molar-refractivity contribution in [2.24, 2.45) is 11.5 Å². The molecule has 0 aliphatic heterocycles. The number of hydrogen-bond donors (Lipinski definition) is 2. The van der Waals surface area contributed by atoms with Gasteiger partial charge in [0.2, 0.25) is 0 Å². The number of thiocarbonyl (C=S) groups is 2. The van der Waals surface area contributed by atoms with Crippen molar-refractivity contribution in [2.45, 2.75) is 13.8 Å². The Kier molecular flexibility index (Phi) is 66.3. The fraction of sp³-hybridized carbons (Fsp3) is 0.667. The van der Waals surface area contributed by atoms with E-state index in [0.717, 1.165) is 0 Å². The second-order valence-electron chi connectivity index (χ2n) is 1.50. The maximum absolute atomic E-state index is 4.91. The van der Waals surface area contributed by atoms with Crippen molar-refractivity contribution in [3.63, 3.8) is 0 Å². The van der Waals surface area contributed by atoms with Gasteiger partial charge in [-0.1, -0.05) is 0 Å². The molecule has 0 atom stereocenters. The molecule has 0 bridgehead atoms. The second kappa shape index (κ2) is 29.5. The second-order valence-corrected chi connectivity index (χ2v) is 2.31. The number of hydrogen-bond acceptors (Lipinski definition) is 4. The minimum atomic E-state index is 0. The van der Waals surface area contributed by atoms with E-state index >= 15 is 0 Å². The van der Waals surface area contributed by atoms with E-state index < -0.39 is 0 Å². The van der Waals surface area contributed by atoms with Crippen LogP contribution in [-0.2, 0) is 9.47 Å². The van der Waals surface area contributed by atoms with Crippen LogP contribution in [-0.4, -0.2) is 69.5 Å². The Labute approximate surface area is 128 Å². The molecule has 10 N–H and O–H groups in total. The number of nitrogens with two attached hydrogens (primary N) is 2. The number of ether oxygens (including phenoxy) is 2. The Bertz CT molecular complexity index is 137. The summed E-state index contributed by atoms with van der Waals surface area (Å²) in [5.41, 5.74) is 9.82. The van der Waals surface area contributed by atoms with Crippen LogP contribution in [0.2, 0.25) is 0 Å². The third-order valence-electron chi connectivity index (χ3n) is 0.573. The van der Waals surface area contributed by atoms with E-state index in [9.17, 15) is 0 Å². The van der Waals surface area contributed by atoms with Gasteiger partial charge in [-0.05, 0) is 38.3 Å². The van der Waals surface area contributed by atoms with Gasteiger partial charge in [-0.2, -0.15) is 0 Å². The van der Waals surface area contributed by atoms with Crippen molar-refractivity contribution < 1.29 is 25.9 Å². The Morgan fingerprint density at radius 3 is 1.06 bits per heavy atom. The van der Waals surface area contributed by atoms with Crippen molar-refractivity contribution in [1.29, 1.82) is 0 Å². The topological polar surface area (TPSA) is 165 Å². The van der Waals surface area contributed by atoms with E-state index in [-0.39, 0.29) is 56.3 Å². The molecule has 0 fully saturated rings. The normalized spacial score (nSPS) is 5.62. The summed E-state index contributed by atoms with van der Waals surface area (Å²) in [6, 6.07) is 0. The van der Waals surface area contributed by atoms with Crippen molar-refractivity contribution >= 4 is 64.3 Å². The van der Waals surface area contributed by atoms with Crippen LogP contribution in [0.5, 0.6) is 0 Å². The molecule has 7 nitrogen and oxygen atoms in total. The van der Waals surface area contributed by atoms with Gasteiger partial charge in [0.25, 0.3) is 10.3 Å². The molecule has 0 heterocycles. The molecule has 0 amide bonds. The van der Waals surface area contributed by atoms with Crippen LogP contribution >= 0.6 is 24.4 Å². The molecule has 0 aromatic carbocycles. The minimum absolute atomic E-state index is 0. The molecule has 0 aliphatic carbocycles. The van der Waals surface area contributed by atoms with Gasteiger partial charge in [-0.3, -0.25) is 0 Å². The van der Waals surface area contributed by atoms with Crippen LogP contribution in [0.3, 0.4) is 0 Å². The van der Waals surface area contributed by atoms with Gasteiger partial charge >= 0.3 is 29.6 Å². The van der Waals surface area contributed by atoms with Crippen LogP contribution < -0.4 is 11.5 Å². The first-order valence-corrected chi connectivity index (χ1v) is 4.20. The van der Waals surface area contributed by atoms with Gasteiger partial charge < -0.3 is 37.4 Å². The van der Waals surface area contributed by atoms with Crippen LogP contribution in [0.1, 0.15) is 13.8 Å². The molecule has 0 aromatic heterocycles. The molecule has 0 unspecified atom stereocenters. The predicted molar refractivity (Wildman–Crippen MR) is 74.8 cm³/mol. The monoisotopic (exact) mass is 288 g/mol. The molecule has 0 saturated heterocycles. The third-order valence-corrected chi connectivity index (χ3v) is 0.809. The summed E-state index contributed by atoms with van der Waals surface area (Å²) in [4.78, 5) is 0. The van der Waals surface area contributed by atoms with Crippen LogP contribution in [0.25, 0.3) is 0 Å². The fourth-order valence-electron chi connectivity index (χ4n) is 0.285. The van der Waals surface area contributed by atoms with Gasteiger partial charge in [-0.25, -0.2) is 0 Å². The van der Waals surface area contributed by atoms with Gasteiger partial charge in [0.05, 0.1) is 13.2 Å². The summed E-state index contributed by atoms with van der Waals surface area (Å²) in [6.45, 7) is 4.79. The number of rotatable bonds is 2. The zero-order valence-electron chi connectivity index (χ0n) is 8.70. The Hall–Kier alpha value is 0.260. The molecule has 0 aliphatic rings. The van der Waals surface area contributed by atoms with E-state index in [2.05, 4.69) is 33.9 Å². The summed E-state index contributed by atoms with van der Waals surface area (Å²) < 4.78 is 9.10. The molecule has 98 valence electrons. The van der Waals surface area contributed by atoms with Crippen molar-refractivity contribution in [3.8, 4) is 0 Å². The van der Waals surface area contributed by atoms with E-state index in [1.54, 1.807) is 0 Å². The van der Waals surface area contributed by atoms with Gasteiger partial charge in [0, 0.05) is 0 Å². The van der Waals surface area contributed by atoms with Gasteiger partial charge in [0.15, 0.2) is 0 Å². The van der Waals surface area contributed by atoms with Crippen LogP contribution in [0.4, 0.5) is 0 Å². The first-order valence-electron chi connectivity index (χ1n) is 3.39. The molecule has 0 rings (SSSR count). The summed E-state index contributed by atoms with van der Waals surface area (Å²) in [5.74, 6) is 0. The van der Waals surface area contributed by atoms with E-state index in [0.29, 0.717) is 13.2 Å². The Morgan fingerprint density at radius 1 is 0.875 bits per heavy atom. The quantitative estimate of drug-likeness (QED) is 0.418. The molecule has 10 heteroatoms. The molecule has 0 radical (unpaired) electrons. The average Bonchev–Trinajstić information content (AvgIpc) is 1.87. The standard InChI is InChI=1S/2C3H7NOS.Na.3H2O.H/c2*1-2-5-3(4)6;;;;;/h2*2H2,1H3,(H2,4,6);;3*1H2;. The summed E-state index contributed by atoms with van der Waals surface area (Å²) >= 11 is 8.70. The van der Waals surface area contributed by atoms with Gasteiger partial charge in [-0.15, -0.1) is 0 Å². The van der Waals surface area contributed by atoms with E-state index in [1.807, 2.05) is 13.8 Å². The summed E-state index contributed by atoms with van der Waals surface area (Å²) in [7, 11) is 0. The molecule has 0 spiro atoms. The molecule has 0 aromatic rings. The summed E-state index contributed by atoms with van der Waals surface area (Å²) in [5, 5.41) is 0.245. The van der Waals surface area contributed by atoms with E-state index in [1.165, 1.54) is 0 Å². The zero-order valence-corrected chi connectivity index (χ0v) is 10.3. The van der Waals surface area contributed by atoms with Crippen molar-refractivity contribution in [1.82, 2.24) is 0 Å². The van der Waals surface area contributed by atoms with Crippen molar-refractivity contribution in [3.05, 3.63) is 0 Å². The first-order chi connectivity index (χ1) is 5.54. The van der Waals surface area contributed by atoms with Crippen LogP contribution in [0.15, 0.2) is 0 Å². The van der Waals surface area contributed by atoms with Crippen LogP contribution in [0, 0.1) is 0 Å². The molecular formula is C6H21N2NaO5S2. The summed E-state index contributed by atoms with van der Waals surface area (Å²) in [6.07, 6.45) is 0. The van der Waals surface area contributed by atoms with Crippen molar-refractivity contribution in [2.75, 3.05) is 13.2 Å². The Balaban J connectivity index is -0.0000000250. The average molecular weight is 288 g/mol. The SMILES string of the molecule is CCOC(N)=S.CCOC(N)=S.O.O.O.[NaH]. The molecule has 16 heavy (non-hydrogen) atoms. The fourth-order valence-corrected chi connectivity index (χ4v) is 0.520. The molecular weight excluding hydrogens is 267 g/mol. The Morgan fingerprint density at radius 2 is 1.06 bits per heavy atom. The first kappa shape index (κ1) is 36.0. The zero-order chi connectivity index (χ0) is 9.98. The van der Waals surface area contributed by atoms with E-state index in [4.69, 9.17) is 11.5 Å².